The summed E-state index contributed by atoms with van der Waals surface area (Å²) in [6.45, 7) is 0. The summed E-state index contributed by atoms with van der Waals surface area (Å²) in [5, 5.41) is 17.8. The molecule has 2 rings (SSSR count). The van der Waals surface area contributed by atoms with Gasteiger partial charge in [0.25, 0.3) is 0 Å². The fourth-order valence-electron chi connectivity index (χ4n) is 1.31. The SMILES string of the molecule is N#Cc1ccnc(Oc2ccc(I)cc2C(=O)O)n1. The van der Waals surface area contributed by atoms with Gasteiger partial charge in [0.05, 0.1) is 0 Å². The molecule has 7 heteroatoms. The summed E-state index contributed by atoms with van der Waals surface area (Å²) in [5.74, 6) is -0.979. The summed E-state index contributed by atoms with van der Waals surface area (Å²) >= 11 is 2.00. The Balaban J connectivity index is 2.38. The Morgan fingerprint density at radius 1 is 1.42 bits per heavy atom. The van der Waals surface area contributed by atoms with Crippen molar-refractivity contribution >= 4 is 28.6 Å². The number of aromatic carboxylic acids is 1. The van der Waals surface area contributed by atoms with Gasteiger partial charge in [0, 0.05) is 9.77 Å². The van der Waals surface area contributed by atoms with E-state index in [1.807, 2.05) is 28.7 Å². The average Bonchev–Trinajstić information content (AvgIpc) is 2.41. The molecule has 1 aromatic heterocycles. The van der Waals surface area contributed by atoms with Gasteiger partial charge >= 0.3 is 12.0 Å². The average molecular weight is 367 g/mol. The van der Waals surface area contributed by atoms with Crippen LogP contribution in [-0.2, 0) is 0 Å². The summed E-state index contributed by atoms with van der Waals surface area (Å²) in [4.78, 5) is 18.8. The maximum Gasteiger partial charge on any atom is 0.339 e. The Labute approximate surface area is 121 Å². The first-order chi connectivity index (χ1) is 9.10. The Morgan fingerprint density at radius 2 is 2.21 bits per heavy atom. The van der Waals surface area contributed by atoms with E-state index in [9.17, 15) is 4.79 Å². The van der Waals surface area contributed by atoms with Crippen LogP contribution in [0.25, 0.3) is 0 Å². The fraction of sp³-hybridized carbons (Fsp3) is 0. The van der Waals surface area contributed by atoms with Crippen molar-refractivity contribution in [1.82, 2.24) is 9.97 Å². The molecule has 94 valence electrons. The number of hydrogen-bond acceptors (Lipinski definition) is 5. The molecule has 0 atom stereocenters. The molecule has 2 aromatic rings. The molecule has 6 nitrogen and oxygen atoms in total. The first-order valence-corrected chi connectivity index (χ1v) is 6.12. The highest BCUT2D eigenvalue weighted by Crippen LogP contribution is 2.25. The zero-order chi connectivity index (χ0) is 13.8. The number of aromatic nitrogens is 2. The molecule has 0 aliphatic carbocycles. The standard InChI is InChI=1S/C12H6IN3O3/c13-7-1-2-10(9(5-7)11(17)18)19-12-15-4-3-8(6-14)16-12/h1-5H,(H,17,18). The lowest BCUT2D eigenvalue weighted by atomic mass is 10.2. The predicted octanol–water partition coefficient (Wildman–Crippen LogP) is 2.44. The van der Waals surface area contributed by atoms with E-state index in [4.69, 9.17) is 15.1 Å². The molecule has 0 saturated heterocycles. The van der Waals surface area contributed by atoms with Crippen LogP contribution in [0.2, 0.25) is 0 Å². The van der Waals surface area contributed by atoms with Crippen molar-refractivity contribution in [3.63, 3.8) is 0 Å². The lowest BCUT2D eigenvalue weighted by Crippen LogP contribution is -2.02. The van der Waals surface area contributed by atoms with Crippen molar-refractivity contribution in [2.75, 3.05) is 0 Å². The lowest BCUT2D eigenvalue weighted by Gasteiger charge is -2.07. The molecule has 0 aliphatic heterocycles. The molecule has 0 aliphatic rings. The van der Waals surface area contributed by atoms with Crippen LogP contribution in [0.15, 0.2) is 30.5 Å². The molecule has 0 bridgehead atoms. The molecule has 0 amide bonds. The topological polar surface area (TPSA) is 96.1 Å². The lowest BCUT2D eigenvalue weighted by molar-refractivity contribution is 0.0694. The molecule has 1 aromatic carbocycles. The molecule has 0 fully saturated rings. The summed E-state index contributed by atoms with van der Waals surface area (Å²) in [5.41, 5.74) is 0.158. The van der Waals surface area contributed by atoms with Gasteiger partial charge in [0.2, 0.25) is 0 Å². The van der Waals surface area contributed by atoms with Crippen LogP contribution >= 0.6 is 22.6 Å². The van der Waals surface area contributed by atoms with Crippen LogP contribution in [0.3, 0.4) is 0 Å². The molecular formula is C12H6IN3O3. The van der Waals surface area contributed by atoms with E-state index in [1.165, 1.54) is 24.4 Å². The molecular weight excluding hydrogens is 361 g/mol. The summed E-state index contributed by atoms with van der Waals surface area (Å²) < 4.78 is 6.08. The van der Waals surface area contributed by atoms with Crippen molar-refractivity contribution < 1.29 is 14.6 Å². The normalized spacial score (nSPS) is 9.68. The number of carboxylic acids is 1. The van der Waals surface area contributed by atoms with Crippen LogP contribution in [0.5, 0.6) is 11.8 Å². The largest absolute Gasteiger partial charge is 0.478 e. The van der Waals surface area contributed by atoms with E-state index in [-0.39, 0.29) is 23.0 Å². The van der Waals surface area contributed by atoms with E-state index in [0.717, 1.165) is 3.57 Å². The maximum atomic E-state index is 11.1. The highest BCUT2D eigenvalue weighted by Gasteiger charge is 2.13. The Bertz CT molecular complexity index is 682. The van der Waals surface area contributed by atoms with Crippen LogP contribution in [-0.4, -0.2) is 21.0 Å². The smallest absolute Gasteiger partial charge is 0.339 e. The van der Waals surface area contributed by atoms with E-state index < -0.39 is 5.97 Å². The second kappa shape index (κ2) is 5.62. The van der Waals surface area contributed by atoms with E-state index in [2.05, 4.69) is 9.97 Å². The summed E-state index contributed by atoms with van der Waals surface area (Å²) in [7, 11) is 0. The second-order valence-electron chi connectivity index (χ2n) is 3.38. The zero-order valence-corrected chi connectivity index (χ0v) is 11.5. The number of rotatable bonds is 3. The van der Waals surface area contributed by atoms with Gasteiger partial charge in [-0.15, -0.1) is 0 Å². The van der Waals surface area contributed by atoms with Crippen molar-refractivity contribution in [3.8, 4) is 17.8 Å². The number of carboxylic acid groups (broad SMARTS) is 1. The number of benzene rings is 1. The number of hydrogen-bond donors (Lipinski definition) is 1. The highest BCUT2D eigenvalue weighted by atomic mass is 127. The molecule has 0 unspecified atom stereocenters. The second-order valence-corrected chi connectivity index (χ2v) is 4.63. The minimum atomic E-state index is -1.11. The van der Waals surface area contributed by atoms with Crippen LogP contribution in [0, 0.1) is 14.9 Å². The van der Waals surface area contributed by atoms with Gasteiger partial charge in [0.15, 0.2) is 0 Å². The van der Waals surface area contributed by atoms with E-state index in [1.54, 1.807) is 6.07 Å². The zero-order valence-electron chi connectivity index (χ0n) is 9.37. The maximum absolute atomic E-state index is 11.1. The monoisotopic (exact) mass is 367 g/mol. The minimum absolute atomic E-state index is 0.0119. The predicted molar refractivity (Wildman–Crippen MR) is 72.9 cm³/mol. The van der Waals surface area contributed by atoms with Gasteiger partial charge in [-0.25, -0.2) is 9.78 Å². The van der Waals surface area contributed by atoms with Crippen LogP contribution in [0.4, 0.5) is 0 Å². The third kappa shape index (κ3) is 3.17. The third-order valence-corrected chi connectivity index (χ3v) is 2.79. The van der Waals surface area contributed by atoms with Gasteiger partial charge in [-0.3, -0.25) is 0 Å². The molecule has 0 saturated carbocycles. The summed E-state index contributed by atoms with van der Waals surface area (Å²) in [6, 6.07) is 7.92. The minimum Gasteiger partial charge on any atom is -0.478 e. The van der Waals surface area contributed by atoms with Gasteiger partial charge in [-0.1, -0.05) is 0 Å². The number of ether oxygens (including phenoxy) is 1. The highest BCUT2D eigenvalue weighted by molar-refractivity contribution is 14.1. The summed E-state index contributed by atoms with van der Waals surface area (Å²) in [6.07, 6.45) is 1.37. The van der Waals surface area contributed by atoms with Gasteiger partial charge in [-0.2, -0.15) is 10.2 Å². The Kier molecular flexibility index (Phi) is 3.91. The number of halogens is 1. The van der Waals surface area contributed by atoms with Crippen molar-refractivity contribution in [2.24, 2.45) is 0 Å². The van der Waals surface area contributed by atoms with Crippen LogP contribution < -0.4 is 4.74 Å². The molecule has 1 heterocycles. The number of nitriles is 1. The van der Waals surface area contributed by atoms with Crippen molar-refractivity contribution in [3.05, 3.63) is 45.3 Å². The van der Waals surface area contributed by atoms with E-state index >= 15 is 0 Å². The van der Waals surface area contributed by atoms with Crippen LogP contribution in [0.1, 0.15) is 16.1 Å². The quantitative estimate of drug-likeness (QED) is 0.838. The van der Waals surface area contributed by atoms with Gasteiger partial charge < -0.3 is 9.84 Å². The van der Waals surface area contributed by atoms with Gasteiger partial charge in [0.1, 0.15) is 23.1 Å². The molecule has 1 N–H and O–H groups in total. The fourth-order valence-corrected chi connectivity index (χ4v) is 1.80. The Hall–Kier alpha value is -2.21. The van der Waals surface area contributed by atoms with Crippen molar-refractivity contribution in [2.45, 2.75) is 0 Å². The first kappa shape index (κ1) is 13.2. The van der Waals surface area contributed by atoms with Gasteiger partial charge in [-0.05, 0) is 46.9 Å². The molecule has 0 radical (unpaired) electrons. The van der Waals surface area contributed by atoms with Crippen molar-refractivity contribution in [1.29, 1.82) is 5.26 Å². The Morgan fingerprint density at radius 3 is 2.89 bits per heavy atom. The third-order valence-electron chi connectivity index (χ3n) is 2.12. The van der Waals surface area contributed by atoms with E-state index in [0.29, 0.717) is 0 Å². The molecule has 19 heavy (non-hydrogen) atoms. The number of carbonyl (C=O) groups is 1. The number of nitrogens with zero attached hydrogens (tertiary/aromatic N) is 3. The molecule has 0 spiro atoms. The first-order valence-electron chi connectivity index (χ1n) is 5.04.